The molecule has 0 aliphatic carbocycles. The van der Waals surface area contributed by atoms with E-state index in [0.717, 1.165) is 5.56 Å². The van der Waals surface area contributed by atoms with Crippen molar-refractivity contribution in [1.82, 2.24) is 9.13 Å². The number of carboxylic acids is 1. The summed E-state index contributed by atoms with van der Waals surface area (Å²) in [5.41, 5.74) is 0.648. The standard InChI is InChI=1S/C14H16N2O4/c1-15-6-7-16(14(15)19)8-9-20-12-4-2-11(3-5-12)10-13(17)18/h2-7H,8-10H2,1H3,(H,17,18). The van der Waals surface area contributed by atoms with Crippen LogP contribution in [0, 0.1) is 0 Å². The summed E-state index contributed by atoms with van der Waals surface area (Å²) >= 11 is 0. The Kier molecular flexibility index (Phi) is 4.24. The van der Waals surface area contributed by atoms with Gasteiger partial charge in [0, 0.05) is 19.4 Å². The molecule has 1 aromatic heterocycles. The van der Waals surface area contributed by atoms with Crippen LogP contribution in [-0.4, -0.2) is 26.8 Å². The fraction of sp³-hybridized carbons (Fsp3) is 0.286. The van der Waals surface area contributed by atoms with Crippen LogP contribution in [0.5, 0.6) is 5.75 Å². The third-order valence-corrected chi connectivity index (χ3v) is 2.90. The average molecular weight is 276 g/mol. The minimum Gasteiger partial charge on any atom is -0.492 e. The quantitative estimate of drug-likeness (QED) is 0.850. The van der Waals surface area contributed by atoms with Crippen molar-refractivity contribution < 1.29 is 14.6 Å². The Balaban J connectivity index is 1.86. The number of imidazole rings is 1. The van der Waals surface area contributed by atoms with Crippen LogP contribution < -0.4 is 10.4 Å². The van der Waals surface area contributed by atoms with Crippen LogP contribution >= 0.6 is 0 Å². The first kappa shape index (κ1) is 13.9. The molecule has 0 bridgehead atoms. The molecule has 20 heavy (non-hydrogen) atoms. The van der Waals surface area contributed by atoms with Gasteiger partial charge in [0.15, 0.2) is 0 Å². The van der Waals surface area contributed by atoms with Gasteiger partial charge in [-0.1, -0.05) is 12.1 Å². The summed E-state index contributed by atoms with van der Waals surface area (Å²) in [4.78, 5) is 22.1. The van der Waals surface area contributed by atoms with Crippen molar-refractivity contribution in [2.75, 3.05) is 6.61 Å². The van der Waals surface area contributed by atoms with E-state index < -0.39 is 5.97 Å². The number of carboxylic acid groups (broad SMARTS) is 1. The lowest BCUT2D eigenvalue weighted by atomic mass is 10.1. The van der Waals surface area contributed by atoms with Crippen LogP contribution in [0.3, 0.4) is 0 Å². The molecule has 0 aliphatic rings. The first-order chi connectivity index (χ1) is 9.56. The summed E-state index contributed by atoms with van der Waals surface area (Å²) < 4.78 is 8.59. The van der Waals surface area contributed by atoms with E-state index in [4.69, 9.17) is 9.84 Å². The van der Waals surface area contributed by atoms with Gasteiger partial charge in [-0.3, -0.25) is 9.36 Å². The SMILES string of the molecule is Cn1ccn(CCOc2ccc(CC(=O)O)cc2)c1=O. The normalized spacial score (nSPS) is 10.4. The summed E-state index contributed by atoms with van der Waals surface area (Å²) in [6.07, 6.45) is 3.41. The Morgan fingerprint density at radius 2 is 1.95 bits per heavy atom. The highest BCUT2D eigenvalue weighted by atomic mass is 16.5. The van der Waals surface area contributed by atoms with E-state index in [2.05, 4.69) is 0 Å². The number of aryl methyl sites for hydroxylation is 1. The second kappa shape index (κ2) is 6.10. The van der Waals surface area contributed by atoms with E-state index in [1.54, 1.807) is 48.3 Å². The number of aliphatic carboxylic acids is 1. The summed E-state index contributed by atoms with van der Waals surface area (Å²) in [7, 11) is 1.70. The van der Waals surface area contributed by atoms with E-state index in [0.29, 0.717) is 18.9 Å². The van der Waals surface area contributed by atoms with Crippen molar-refractivity contribution in [3.63, 3.8) is 0 Å². The van der Waals surface area contributed by atoms with Crippen molar-refractivity contribution in [1.29, 1.82) is 0 Å². The third-order valence-electron chi connectivity index (χ3n) is 2.90. The number of carbonyl (C=O) groups is 1. The van der Waals surface area contributed by atoms with Gasteiger partial charge in [-0.15, -0.1) is 0 Å². The lowest BCUT2D eigenvalue weighted by Gasteiger charge is -2.07. The van der Waals surface area contributed by atoms with E-state index in [1.165, 1.54) is 4.57 Å². The Morgan fingerprint density at radius 3 is 2.50 bits per heavy atom. The van der Waals surface area contributed by atoms with Crippen molar-refractivity contribution in [2.24, 2.45) is 7.05 Å². The summed E-state index contributed by atoms with van der Waals surface area (Å²) in [6, 6.07) is 6.90. The second-order valence-corrected chi connectivity index (χ2v) is 4.45. The van der Waals surface area contributed by atoms with Crippen molar-refractivity contribution in [3.8, 4) is 5.75 Å². The van der Waals surface area contributed by atoms with Crippen LogP contribution in [0.25, 0.3) is 0 Å². The van der Waals surface area contributed by atoms with Crippen LogP contribution in [-0.2, 0) is 24.8 Å². The van der Waals surface area contributed by atoms with E-state index in [9.17, 15) is 9.59 Å². The predicted molar refractivity (Wildman–Crippen MR) is 72.9 cm³/mol. The van der Waals surface area contributed by atoms with Crippen LogP contribution in [0.15, 0.2) is 41.5 Å². The number of hydrogen-bond donors (Lipinski definition) is 1. The molecule has 0 fully saturated rings. The van der Waals surface area contributed by atoms with Gasteiger partial charge in [0.05, 0.1) is 13.0 Å². The highest BCUT2D eigenvalue weighted by Gasteiger charge is 2.02. The molecule has 0 radical (unpaired) electrons. The molecule has 0 amide bonds. The fourth-order valence-electron chi connectivity index (χ4n) is 1.82. The number of benzene rings is 1. The first-order valence-corrected chi connectivity index (χ1v) is 6.21. The maximum Gasteiger partial charge on any atom is 0.327 e. The van der Waals surface area contributed by atoms with Crippen molar-refractivity contribution in [2.45, 2.75) is 13.0 Å². The van der Waals surface area contributed by atoms with E-state index in [1.807, 2.05) is 0 Å². The minimum atomic E-state index is -0.859. The lowest BCUT2D eigenvalue weighted by molar-refractivity contribution is -0.136. The molecule has 6 nitrogen and oxygen atoms in total. The van der Waals surface area contributed by atoms with E-state index in [-0.39, 0.29) is 12.1 Å². The summed E-state index contributed by atoms with van der Waals surface area (Å²) in [5, 5.41) is 8.67. The molecule has 6 heteroatoms. The Labute approximate surface area is 115 Å². The van der Waals surface area contributed by atoms with E-state index >= 15 is 0 Å². The van der Waals surface area contributed by atoms with Crippen molar-refractivity contribution >= 4 is 5.97 Å². The smallest absolute Gasteiger partial charge is 0.327 e. The van der Waals surface area contributed by atoms with Crippen molar-refractivity contribution in [3.05, 3.63) is 52.7 Å². The monoisotopic (exact) mass is 276 g/mol. The zero-order valence-electron chi connectivity index (χ0n) is 11.2. The molecule has 2 rings (SSSR count). The molecule has 1 aromatic carbocycles. The number of aromatic nitrogens is 2. The minimum absolute atomic E-state index is 0.000309. The number of ether oxygens (including phenoxy) is 1. The van der Waals surface area contributed by atoms with Gasteiger partial charge in [0.1, 0.15) is 12.4 Å². The van der Waals surface area contributed by atoms with Crippen LogP contribution in [0.4, 0.5) is 0 Å². The van der Waals surface area contributed by atoms with Crippen LogP contribution in [0.1, 0.15) is 5.56 Å². The third kappa shape index (κ3) is 3.50. The highest BCUT2D eigenvalue weighted by molar-refractivity contribution is 5.70. The maximum atomic E-state index is 11.6. The Bertz CT molecular complexity index is 640. The molecule has 1 N–H and O–H groups in total. The Morgan fingerprint density at radius 1 is 1.25 bits per heavy atom. The molecule has 2 aromatic rings. The maximum absolute atomic E-state index is 11.6. The summed E-state index contributed by atoms with van der Waals surface area (Å²) in [6.45, 7) is 0.846. The highest BCUT2D eigenvalue weighted by Crippen LogP contribution is 2.12. The van der Waals surface area contributed by atoms with Gasteiger partial charge in [-0.05, 0) is 17.7 Å². The molecule has 0 spiro atoms. The molecule has 0 atom stereocenters. The van der Waals surface area contributed by atoms with Gasteiger partial charge in [0.25, 0.3) is 0 Å². The molecule has 106 valence electrons. The molecule has 0 unspecified atom stereocenters. The molecule has 0 saturated carbocycles. The number of hydrogen-bond acceptors (Lipinski definition) is 3. The molecule has 0 aliphatic heterocycles. The van der Waals surface area contributed by atoms with Gasteiger partial charge in [-0.25, -0.2) is 4.79 Å². The number of nitrogens with zero attached hydrogens (tertiary/aromatic N) is 2. The van der Waals surface area contributed by atoms with Gasteiger partial charge >= 0.3 is 11.7 Å². The Hall–Kier alpha value is -2.50. The lowest BCUT2D eigenvalue weighted by Crippen LogP contribution is -2.24. The van der Waals surface area contributed by atoms with Crippen LogP contribution in [0.2, 0.25) is 0 Å². The molecular formula is C14H16N2O4. The molecule has 0 saturated heterocycles. The predicted octanol–water partition coefficient (Wildman–Crippen LogP) is 0.893. The number of rotatable bonds is 6. The first-order valence-electron chi connectivity index (χ1n) is 6.21. The fourth-order valence-corrected chi connectivity index (χ4v) is 1.82. The van der Waals surface area contributed by atoms with Gasteiger partial charge in [-0.2, -0.15) is 0 Å². The van der Waals surface area contributed by atoms with Gasteiger partial charge in [0.2, 0.25) is 0 Å². The molecule has 1 heterocycles. The second-order valence-electron chi connectivity index (χ2n) is 4.45. The zero-order chi connectivity index (χ0) is 14.5. The van der Waals surface area contributed by atoms with Gasteiger partial charge < -0.3 is 14.4 Å². The molecular weight excluding hydrogens is 260 g/mol. The largest absolute Gasteiger partial charge is 0.492 e. The zero-order valence-corrected chi connectivity index (χ0v) is 11.2. The average Bonchev–Trinajstić information content (AvgIpc) is 2.72. The summed E-state index contributed by atoms with van der Waals surface area (Å²) in [5.74, 6) is -0.203. The topological polar surface area (TPSA) is 73.5 Å².